The van der Waals surface area contributed by atoms with Crippen molar-refractivity contribution in [3.8, 4) is 11.4 Å². The Morgan fingerprint density at radius 1 is 1.18 bits per heavy atom. The summed E-state index contributed by atoms with van der Waals surface area (Å²) in [5.41, 5.74) is 1.91. The number of anilines is 1. The van der Waals surface area contributed by atoms with Crippen molar-refractivity contribution in [3.63, 3.8) is 0 Å². The lowest BCUT2D eigenvalue weighted by Crippen LogP contribution is -2.31. The van der Waals surface area contributed by atoms with Crippen LogP contribution in [-0.2, 0) is 4.79 Å². The first-order chi connectivity index (χ1) is 10.8. The lowest BCUT2D eigenvalue weighted by molar-refractivity contribution is -0.119. The molecule has 2 saturated carbocycles. The summed E-state index contributed by atoms with van der Waals surface area (Å²) in [5.74, 6) is 0.852. The maximum Gasteiger partial charge on any atom is 0.239 e. The Morgan fingerprint density at radius 2 is 1.95 bits per heavy atom. The highest BCUT2D eigenvalue weighted by Crippen LogP contribution is 2.36. The molecule has 0 saturated heterocycles. The predicted molar refractivity (Wildman–Crippen MR) is 81.2 cm³/mol. The average Bonchev–Trinajstić information content (AvgIpc) is 3.47. The molecule has 1 aromatic carbocycles. The number of amides is 1. The van der Waals surface area contributed by atoms with Crippen LogP contribution >= 0.6 is 0 Å². The minimum atomic E-state index is 0.0456. The topological polar surface area (TPSA) is 84.7 Å². The smallest absolute Gasteiger partial charge is 0.239 e. The van der Waals surface area contributed by atoms with Crippen LogP contribution in [-0.4, -0.2) is 38.7 Å². The second-order valence-corrected chi connectivity index (χ2v) is 5.95. The molecule has 2 aliphatic carbocycles. The predicted octanol–water partition coefficient (Wildman–Crippen LogP) is 1.37. The Labute approximate surface area is 128 Å². The van der Waals surface area contributed by atoms with E-state index < -0.39 is 0 Å². The molecule has 0 aliphatic heterocycles. The van der Waals surface area contributed by atoms with Gasteiger partial charge in [-0.1, -0.05) is 0 Å². The molecule has 4 rings (SSSR count). The normalized spacial score (nSPS) is 17.3. The molecule has 0 radical (unpaired) electrons. The molecule has 22 heavy (non-hydrogen) atoms. The fourth-order valence-corrected chi connectivity index (χ4v) is 2.37. The van der Waals surface area contributed by atoms with Gasteiger partial charge in [-0.25, -0.2) is 4.68 Å². The molecule has 2 fully saturated rings. The van der Waals surface area contributed by atoms with E-state index in [0.717, 1.165) is 42.8 Å². The van der Waals surface area contributed by atoms with Crippen molar-refractivity contribution in [2.24, 2.45) is 0 Å². The summed E-state index contributed by atoms with van der Waals surface area (Å²) >= 11 is 0. The maximum absolute atomic E-state index is 11.6. The molecule has 1 aromatic heterocycles. The van der Waals surface area contributed by atoms with Gasteiger partial charge < -0.3 is 10.6 Å². The van der Waals surface area contributed by atoms with Crippen LogP contribution in [0.1, 0.15) is 31.7 Å². The summed E-state index contributed by atoms with van der Waals surface area (Å²) < 4.78 is 1.89. The molecule has 7 heteroatoms. The number of carbonyl (C=O) groups is 1. The van der Waals surface area contributed by atoms with E-state index in [2.05, 4.69) is 26.2 Å². The third-order valence-corrected chi connectivity index (χ3v) is 3.92. The average molecular weight is 298 g/mol. The summed E-state index contributed by atoms with van der Waals surface area (Å²) in [6.07, 6.45) is 4.51. The number of rotatable bonds is 6. The number of nitrogens with zero attached hydrogens (tertiary/aromatic N) is 4. The number of nitrogens with one attached hydrogen (secondary N) is 2. The van der Waals surface area contributed by atoms with E-state index >= 15 is 0 Å². The van der Waals surface area contributed by atoms with Crippen molar-refractivity contribution >= 4 is 11.6 Å². The van der Waals surface area contributed by atoms with Gasteiger partial charge in [-0.05, 0) is 60.4 Å². The van der Waals surface area contributed by atoms with Crippen molar-refractivity contribution in [1.29, 1.82) is 0 Å². The zero-order valence-electron chi connectivity index (χ0n) is 12.2. The minimum absolute atomic E-state index is 0.0456. The molecule has 0 spiro atoms. The Kier molecular flexibility index (Phi) is 3.25. The van der Waals surface area contributed by atoms with Gasteiger partial charge in [0.15, 0.2) is 5.82 Å². The van der Waals surface area contributed by atoms with Crippen LogP contribution in [0.3, 0.4) is 0 Å². The zero-order chi connectivity index (χ0) is 14.9. The fraction of sp³-hybridized carbons (Fsp3) is 0.467. The van der Waals surface area contributed by atoms with E-state index in [1.165, 1.54) is 0 Å². The molecule has 1 amide bonds. The van der Waals surface area contributed by atoms with Gasteiger partial charge in [0.2, 0.25) is 5.91 Å². The molecule has 0 atom stereocenters. The second-order valence-electron chi connectivity index (χ2n) is 5.95. The summed E-state index contributed by atoms with van der Waals surface area (Å²) in [4.78, 5) is 11.6. The quantitative estimate of drug-likeness (QED) is 0.841. The summed E-state index contributed by atoms with van der Waals surface area (Å²) in [5, 5.41) is 18.0. The van der Waals surface area contributed by atoms with Gasteiger partial charge >= 0.3 is 0 Å². The van der Waals surface area contributed by atoms with E-state index in [1.807, 2.05) is 28.9 Å². The van der Waals surface area contributed by atoms with Crippen LogP contribution in [0.4, 0.5) is 5.69 Å². The van der Waals surface area contributed by atoms with Crippen molar-refractivity contribution < 1.29 is 4.79 Å². The van der Waals surface area contributed by atoms with Crippen LogP contribution in [0.25, 0.3) is 11.4 Å². The third-order valence-electron chi connectivity index (χ3n) is 3.92. The van der Waals surface area contributed by atoms with Crippen LogP contribution in [0.2, 0.25) is 0 Å². The molecule has 2 aliphatic rings. The Balaban J connectivity index is 1.39. The van der Waals surface area contributed by atoms with Crippen LogP contribution in [0.15, 0.2) is 24.3 Å². The molecular weight excluding hydrogens is 280 g/mol. The molecule has 7 nitrogen and oxygen atoms in total. The number of aromatic nitrogens is 4. The van der Waals surface area contributed by atoms with E-state index in [0.29, 0.717) is 18.6 Å². The third kappa shape index (κ3) is 2.93. The first-order valence-electron chi connectivity index (χ1n) is 7.71. The minimum Gasteiger partial charge on any atom is -0.376 e. The van der Waals surface area contributed by atoms with Crippen molar-refractivity contribution in [2.45, 2.75) is 37.8 Å². The van der Waals surface area contributed by atoms with Gasteiger partial charge in [0.25, 0.3) is 0 Å². The summed E-state index contributed by atoms with van der Waals surface area (Å²) in [6.45, 7) is 0.301. The molecule has 0 bridgehead atoms. The van der Waals surface area contributed by atoms with Gasteiger partial charge in [-0.15, -0.1) is 5.10 Å². The van der Waals surface area contributed by atoms with Gasteiger partial charge in [0.05, 0.1) is 12.6 Å². The molecule has 0 unspecified atom stereocenters. The van der Waals surface area contributed by atoms with Crippen LogP contribution in [0, 0.1) is 0 Å². The first-order valence-corrected chi connectivity index (χ1v) is 7.71. The fourth-order valence-electron chi connectivity index (χ4n) is 2.37. The lowest BCUT2D eigenvalue weighted by atomic mass is 10.2. The second kappa shape index (κ2) is 5.40. The van der Waals surface area contributed by atoms with Crippen molar-refractivity contribution in [2.75, 3.05) is 11.9 Å². The SMILES string of the molecule is O=C(CNc1ccc(-c2nnnn2C2CC2)cc1)NC1CC1. The number of benzene rings is 1. The Bertz CT molecular complexity index is 672. The van der Waals surface area contributed by atoms with Gasteiger partial charge in [0, 0.05) is 17.3 Å². The number of tetrazole rings is 1. The zero-order valence-corrected chi connectivity index (χ0v) is 12.2. The lowest BCUT2D eigenvalue weighted by Gasteiger charge is -2.08. The monoisotopic (exact) mass is 298 g/mol. The first kappa shape index (κ1) is 13.2. The van der Waals surface area contributed by atoms with Crippen LogP contribution in [0.5, 0.6) is 0 Å². The van der Waals surface area contributed by atoms with Gasteiger partial charge in [-0.2, -0.15) is 0 Å². The van der Waals surface area contributed by atoms with E-state index in [-0.39, 0.29) is 5.91 Å². The highest BCUT2D eigenvalue weighted by molar-refractivity contribution is 5.81. The molecular formula is C15H18N6O. The number of hydrogen-bond acceptors (Lipinski definition) is 5. The largest absolute Gasteiger partial charge is 0.376 e. The van der Waals surface area contributed by atoms with Crippen molar-refractivity contribution in [1.82, 2.24) is 25.5 Å². The molecule has 2 N–H and O–H groups in total. The highest BCUT2D eigenvalue weighted by atomic mass is 16.2. The van der Waals surface area contributed by atoms with E-state index in [4.69, 9.17) is 0 Å². The Hall–Kier alpha value is -2.44. The van der Waals surface area contributed by atoms with Gasteiger partial charge in [0.1, 0.15) is 0 Å². The van der Waals surface area contributed by atoms with Crippen molar-refractivity contribution in [3.05, 3.63) is 24.3 Å². The van der Waals surface area contributed by atoms with Gasteiger partial charge in [-0.3, -0.25) is 4.79 Å². The summed E-state index contributed by atoms with van der Waals surface area (Å²) in [6, 6.07) is 8.71. The molecule has 114 valence electrons. The molecule has 1 heterocycles. The van der Waals surface area contributed by atoms with E-state index in [1.54, 1.807) is 0 Å². The number of carbonyl (C=O) groups excluding carboxylic acids is 1. The summed E-state index contributed by atoms with van der Waals surface area (Å²) in [7, 11) is 0. The molecule has 2 aromatic rings. The standard InChI is InChI=1S/C15H18N6O/c22-14(17-12-5-6-12)9-16-11-3-1-10(2-4-11)15-18-19-20-21(15)13-7-8-13/h1-4,12-13,16H,5-9H2,(H,17,22). The van der Waals surface area contributed by atoms with Crippen LogP contribution < -0.4 is 10.6 Å². The maximum atomic E-state index is 11.6. The highest BCUT2D eigenvalue weighted by Gasteiger charge is 2.28. The Morgan fingerprint density at radius 3 is 2.64 bits per heavy atom. The number of hydrogen-bond donors (Lipinski definition) is 2. The van der Waals surface area contributed by atoms with E-state index in [9.17, 15) is 4.79 Å².